The molecule has 1 amide bonds. The Bertz CT molecular complexity index is 668. The molecule has 124 valence electrons. The molecule has 0 radical (unpaired) electrons. The fourth-order valence-corrected chi connectivity index (χ4v) is 3.46. The molecule has 3 nitrogen and oxygen atoms in total. The van der Waals surface area contributed by atoms with Crippen LogP contribution < -0.4 is 10.1 Å². The molecule has 23 heavy (non-hydrogen) atoms. The van der Waals surface area contributed by atoms with E-state index in [1.165, 1.54) is 12.1 Å². The Labute approximate surface area is 148 Å². The first-order valence-electron chi connectivity index (χ1n) is 7.18. The van der Waals surface area contributed by atoms with Crippen LogP contribution in [0.15, 0.2) is 40.2 Å². The zero-order valence-corrected chi connectivity index (χ0v) is 15.6. The summed E-state index contributed by atoms with van der Waals surface area (Å²) in [6.07, 6.45) is 0. The van der Waals surface area contributed by atoms with Crippen molar-refractivity contribution in [1.82, 2.24) is 5.32 Å². The molecule has 6 heteroatoms. The van der Waals surface area contributed by atoms with Crippen LogP contribution in [0.3, 0.4) is 0 Å². The second-order valence-electron chi connectivity index (χ2n) is 6.25. The van der Waals surface area contributed by atoms with Crippen molar-refractivity contribution in [2.45, 2.75) is 26.8 Å². The van der Waals surface area contributed by atoms with Gasteiger partial charge in [0.25, 0.3) is 5.91 Å². The maximum absolute atomic E-state index is 13.7. The number of benzene rings is 1. The van der Waals surface area contributed by atoms with Gasteiger partial charge in [0.1, 0.15) is 0 Å². The van der Waals surface area contributed by atoms with Gasteiger partial charge in [-0.05, 0) is 35.1 Å². The van der Waals surface area contributed by atoms with E-state index in [1.807, 2.05) is 17.5 Å². The van der Waals surface area contributed by atoms with Crippen molar-refractivity contribution in [1.29, 1.82) is 0 Å². The first kappa shape index (κ1) is 17.9. The zero-order chi connectivity index (χ0) is 17.0. The molecule has 0 aliphatic carbocycles. The van der Waals surface area contributed by atoms with E-state index in [9.17, 15) is 9.18 Å². The van der Waals surface area contributed by atoms with Gasteiger partial charge in [-0.2, -0.15) is 0 Å². The normalized spacial score (nSPS) is 12.7. The number of thiophene rings is 1. The smallest absolute Gasteiger partial charge is 0.258 e. The highest BCUT2D eigenvalue weighted by Crippen LogP contribution is 2.35. The highest BCUT2D eigenvalue weighted by Gasteiger charge is 2.28. The van der Waals surface area contributed by atoms with Crippen LogP contribution in [0.1, 0.15) is 31.7 Å². The first-order valence-corrected chi connectivity index (χ1v) is 8.85. The van der Waals surface area contributed by atoms with Gasteiger partial charge < -0.3 is 10.1 Å². The topological polar surface area (TPSA) is 38.3 Å². The molecule has 0 saturated carbocycles. The molecule has 1 aromatic carbocycles. The van der Waals surface area contributed by atoms with Crippen LogP contribution in [0.4, 0.5) is 4.39 Å². The third-order valence-electron chi connectivity index (χ3n) is 3.25. The Hall–Kier alpha value is -1.40. The molecule has 1 N–H and O–H groups in total. The van der Waals surface area contributed by atoms with Gasteiger partial charge in [0.15, 0.2) is 18.2 Å². The number of hydrogen-bond donors (Lipinski definition) is 1. The Kier molecular flexibility index (Phi) is 5.81. The molecule has 0 fully saturated rings. The van der Waals surface area contributed by atoms with Gasteiger partial charge in [0.2, 0.25) is 0 Å². The fraction of sp³-hybridized carbons (Fsp3) is 0.353. The summed E-state index contributed by atoms with van der Waals surface area (Å²) in [5.74, 6) is -0.717. The molecule has 1 atom stereocenters. The molecule has 0 spiro atoms. The Morgan fingerprint density at radius 1 is 1.39 bits per heavy atom. The number of hydrogen-bond acceptors (Lipinski definition) is 3. The van der Waals surface area contributed by atoms with Crippen LogP contribution in [-0.4, -0.2) is 12.5 Å². The quantitative estimate of drug-likeness (QED) is 0.773. The molecular weight excluding hydrogens is 381 g/mol. The molecule has 0 aliphatic rings. The van der Waals surface area contributed by atoms with Crippen LogP contribution in [-0.2, 0) is 4.79 Å². The second-order valence-corrected chi connectivity index (χ2v) is 8.14. The van der Waals surface area contributed by atoms with E-state index in [2.05, 4.69) is 42.0 Å². The van der Waals surface area contributed by atoms with E-state index in [4.69, 9.17) is 4.74 Å². The van der Waals surface area contributed by atoms with E-state index in [-0.39, 0.29) is 29.7 Å². The van der Waals surface area contributed by atoms with E-state index < -0.39 is 5.82 Å². The van der Waals surface area contributed by atoms with Crippen LogP contribution in [0.25, 0.3) is 0 Å². The zero-order valence-electron chi connectivity index (χ0n) is 13.2. The predicted octanol–water partition coefficient (Wildman–Crippen LogP) is 4.93. The Morgan fingerprint density at radius 2 is 2.13 bits per heavy atom. The third-order valence-corrected chi connectivity index (χ3v) is 4.68. The van der Waals surface area contributed by atoms with Crippen molar-refractivity contribution >= 4 is 33.2 Å². The van der Waals surface area contributed by atoms with Crippen LogP contribution in [0, 0.1) is 11.2 Å². The number of nitrogens with one attached hydrogen (secondary N) is 1. The molecular formula is C17H19BrFNO2S. The minimum Gasteiger partial charge on any atom is -0.481 e. The van der Waals surface area contributed by atoms with Gasteiger partial charge in [-0.1, -0.05) is 42.8 Å². The van der Waals surface area contributed by atoms with Crippen molar-refractivity contribution in [2.75, 3.05) is 6.61 Å². The van der Waals surface area contributed by atoms with Crippen LogP contribution in [0.2, 0.25) is 0 Å². The van der Waals surface area contributed by atoms with Crippen LogP contribution in [0.5, 0.6) is 5.75 Å². The minimum absolute atomic E-state index is 0.0618. The summed E-state index contributed by atoms with van der Waals surface area (Å²) in [4.78, 5) is 13.3. The van der Waals surface area contributed by atoms with Crippen molar-refractivity contribution in [3.8, 4) is 5.75 Å². The molecule has 0 aliphatic heterocycles. The SMILES string of the molecule is CC(C)(C)[C@H](NC(=O)COc1ccc(Br)cc1F)c1cccs1. The molecule has 2 aromatic rings. The summed E-state index contributed by atoms with van der Waals surface area (Å²) in [6, 6.07) is 8.30. The summed E-state index contributed by atoms with van der Waals surface area (Å²) in [5, 5.41) is 4.96. The lowest BCUT2D eigenvalue weighted by atomic mass is 9.86. The van der Waals surface area contributed by atoms with Gasteiger partial charge in [0, 0.05) is 9.35 Å². The molecule has 0 bridgehead atoms. The van der Waals surface area contributed by atoms with Crippen molar-refractivity contribution in [3.63, 3.8) is 0 Å². The van der Waals surface area contributed by atoms with E-state index in [1.54, 1.807) is 17.4 Å². The lowest BCUT2D eigenvalue weighted by molar-refractivity contribution is -0.124. The van der Waals surface area contributed by atoms with Crippen LogP contribution >= 0.6 is 27.3 Å². The Morgan fingerprint density at radius 3 is 2.70 bits per heavy atom. The third kappa shape index (κ3) is 5.04. The number of carbonyl (C=O) groups is 1. The highest BCUT2D eigenvalue weighted by atomic mass is 79.9. The summed E-state index contributed by atoms with van der Waals surface area (Å²) in [7, 11) is 0. The lowest BCUT2D eigenvalue weighted by Gasteiger charge is -2.30. The molecule has 2 rings (SSSR count). The number of carbonyl (C=O) groups excluding carboxylic acids is 1. The average molecular weight is 400 g/mol. The minimum atomic E-state index is -0.502. The van der Waals surface area contributed by atoms with Gasteiger partial charge >= 0.3 is 0 Å². The summed E-state index contributed by atoms with van der Waals surface area (Å²) in [5.41, 5.74) is -0.136. The van der Waals surface area contributed by atoms with Crippen molar-refractivity contribution in [2.24, 2.45) is 5.41 Å². The lowest BCUT2D eigenvalue weighted by Crippen LogP contribution is -2.38. The van der Waals surface area contributed by atoms with Gasteiger partial charge in [0.05, 0.1) is 6.04 Å². The summed E-state index contributed by atoms with van der Waals surface area (Å²) < 4.78 is 19.6. The average Bonchev–Trinajstić information content (AvgIpc) is 2.96. The summed E-state index contributed by atoms with van der Waals surface area (Å²) >= 11 is 4.78. The standard InChI is InChI=1S/C17H19BrFNO2S/c1-17(2,3)16(14-5-4-8-23-14)20-15(21)10-22-13-7-6-11(18)9-12(13)19/h4-9,16H,10H2,1-3H3,(H,20,21)/t16-/m1/s1. The second kappa shape index (κ2) is 7.45. The maximum atomic E-state index is 13.7. The molecule has 1 heterocycles. The fourth-order valence-electron chi connectivity index (χ4n) is 2.11. The number of rotatable bonds is 5. The van der Waals surface area contributed by atoms with E-state index in [0.29, 0.717) is 4.47 Å². The first-order chi connectivity index (χ1) is 10.8. The van der Waals surface area contributed by atoms with Gasteiger partial charge in [-0.25, -0.2) is 4.39 Å². The van der Waals surface area contributed by atoms with E-state index >= 15 is 0 Å². The number of amides is 1. The monoisotopic (exact) mass is 399 g/mol. The molecule has 1 aromatic heterocycles. The van der Waals surface area contributed by atoms with Gasteiger partial charge in [-0.3, -0.25) is 4.79 Å². The predicted molar refractivity (Wildman–Crippen MR) is 94.3 cm³/mol. The van der Waals surface area contributed by atoms with Crippen molar-refractivity contribution < 1.29 is 13.9 Å². The summed E-state index contributed by atoms with van der Waals surface area (Å²) in [6.45, 7) is 5.96. The maximum Gasteiger partial charge on any atom is 0.258 e. The van der Waals surface area contributed by atoms with E-state index in [0.717, 1.165) is 4.88 Å². The van der Waals surface area contributed by atoms with Gasteiger partial charge in [-0.15, -0.1) is 11.3 Å². The number of ether oxygens (including phenoxy) is 1. The number of halogens is 2. The Balaban J connectivity index is 2.00. The van der Waals surface area contributed by atoms with Crippen molar-refractivity contribution in [3.05, 3.63) is 50.9 Å². The molecule has 0 unspecified atom stereocenters. The molecule has 0 saturated heterocycles. The highest BCUT2D eigenvalue weighted by molar-refractivity contribution is 9.10. The largest absolute Gasteiger partial charge is 0.481 e.